The first kappa shape index (κ1) is 20.5. The molecular weight excluding hydrogens is 344 g/mol. The third-order valence-electron chi connectivity index (χ3n) is 3.67. The standard InChI is InChI=1S/C21H26N2O4/c1-15(2)14-27-19-9-7-16(8-10-19)21(25)23-18-6-4-5-17(13-18)20(24)22-11-12-26-3/h4-10,13,15H,11-12,14H2,1-3H3,(H,22,24)(H,23,25). The van der Waals surface area contributed by atoms with Gasteiger partial charge in [-0.25, -0.2) is 0 Å². The third kappa shape index (κ3) is 6.75. The van der Waals surface area contributed by atoms with Crippen molar-refractivity contribution in [3.05, 3.63) is 59.7 Å². The maximum Gasteiger partial charge on any atom is 0.255 e. The van der Waals surface area contributed by atoms with Crippen LogP contribution in [0.4, 0.5) is 5.69 Å². The molecule has 0 unspecified atom stereocenters. The van der Waals surface area contributed by atoms with Gasteiger partial charge in [-0.2, -0.15) is 0 Å². The molecule has 6 nitrogen and oxygen atoms in total. The van der Waals surface area contributed by atoms with Gasteiger partial charge in [-0.1, -0.05) is 19.9 Å². The first-order chi connectivity index (χ1) is 13.0. The van der Waals surface area contributed by atoms with Crippen LogP contribution in [0, 0.1) is 5.92 Å². The lowest BCUT2D eigenvalue weighted by Gasteiger charge is -2.10. The number of anilines is 1. The average molecular weight is 370 g/mol. The minimum atomic E-state index is -0.248. The molecule has 2 aromatic carbocycles. The highest BCUT2D eigenvalue weighted by Crippen LogP contribution is 2.16. The topological polar surface area (TPSA) is 76.7 Å². The van der Waals surface area contributed by atoms with E-state index in [9.17, 15) is 9.59 Å². The predicted octanol–water partition coefficient (Wildman–Crippen LogP) is 3.35. The van der Waals surface area contributed by atoms with Crippen LogP contribution in [0.1, 0.15) is 34.6 Å². The van der Waals surface area contributed by atoms with Gasteiger partial charge in [-0.3, -0.25) is 9.59 Å². The van der Waals surface area contributed by atoms with Crippen LogP contribution in [0.25, 0.3) is 0 Å². The Morgan fingerprint density at radius 3 is 2.41 bits per heavy atom. The van der Waals surface area contributed by atoms with Gasteiger partial charge in [0.2, 0.25) is 0 Å². The highest BCUT2D eigenvalue weighted by molar-refractivity contribution is 6.05. The van der Waals surface area contributed by atoms with E-state index in [4.69, 9.17) is 9.47 Å². The molecule has 0 atom stereocenters. The van der Waals surface area contributed by atoms with Crippen LogP contribution in [0.15, 0.2) is 48.5 Å². The van der Waals surface area contributed by atoms with Crippen molar-refractivity contribution in [2.45, 2.75) is 13.8 Å². The van der Waals surface area contributed by atoms with E-state index >= 15 is 0 Å². The Hall–Kier alpha value is -2.86. The first-order valence-corrected chi connectivity index (χ1v) is 8.91. The van der Waals surface area contributed by atoms with Crippen molar-refractivity contribution in [3.63, 3.8) is 0 Å². The quantitative estimate of drug-likeness (QED) is 0.664. The van der Waals surface area contributed by atoms with E-state index < -0.39 is 0 Å². The zero-order valence-electron chi connectivity index (χ0n) is 16.0. The minimum Gasteiger partial charge on any atom is -0.493 e. The molecule has 0 aliphatic heterocycles. The van der Waals surface area contributed by atoms with Gasteiger partial charge in [-0.15, -0.1) is 0 Å². The van der Waals surface area contributed by atoms with Crippen LogP contribution < -0.4 is 15.4 Å². The molecule has 0 heterocycles. The number of amides is 2. The van der Waals surface area contributed by atoms with Crippen LogP contribution in [-0.4, -0.2) is 38.7 Å². The lowest BCUT2D eigenvalue weighted by atomic mass is 10.1. The molecule has 0 saturated heterocycles. The lowest BCUT2D eigenvalue weighted by Crippen LogP contribution is -2.27. The molecule has 6 heteroatoms. The summed E-state index contributed by atoms with van der Waals surface area (Å²) in [4.78, 5) is 24.5. The Balaban J connectivity index is 1.97. The monoisotopic (exact) mass is 370 g/mol. The molecule has 0 aliphatic carbocycles. The molecular formula is C21H26N2O4. The number of hydrogen-bond donors (Lipinski definition) is 2. The number of carbonyl (C=O) groups is 2. The van der Waals surface area contributed by atoms with E-state index in [0.29, 0.717) is 42.5 Å². The third-order valence-corrected chi connectivity index (χ3v) is 3.67. The Morgan fingerprint density at radius 2 is 1.74 bits per heavy atom. The predicted molar refractivity (Wildman–Crippen MR) is 105 cm³/mol. The van der Waals surface area contributed by atoms with Crippen LogP contribution in [0.5, 0.6) is 5.75 Å². The molecule has 0 saturated carbocycles. The van der Waals surface area contributed by atoms with Crippen molar-refractivity contribution in [3.8, 4) is 5.75 Å². The van der Waals surface area contributed by atoms with Crippen molar-refractivity contribution < 1.29 is 19.1 Å². The number of benzene rings is 2. The van der Waals surface area contributed by atoms with Crippen molar-refractivity contribution in [1.29, 1.82) is 0 Å². The smallest absolute Gasteiger partial charge is 0.255 e. The Kier molecular flexibility index (Phi) is 7.82. The van der Waals surface area contributed by atoms with Gasteiger partial charge in [0.1, 0.15) is 5.75 Å². The second-order valence-corrected chi connectivity index (χ2v) is 6.51. The molecule has 0 spiro atoms. The average Bonchev–Trinajstić information content (AvgIpc) is 2.67. The molecule has 0 fully saturated rings. The zero-order valence-corrected chi connectivity index (χ0v) is 16.0. The number of rotatable bonds is 9. The molecule has 2 aromatic rings. The van der Waals surface area contributed by atoms with E-state index in [1.807, 2.05) is 0 Å². The molecule has 2 rings (SSSR count). The number of carbonyl (C=O) groups excluding carboxylic acids is 2. The van der Waals surface area contributed by atoms with Gasteiger partial charge in [-0.05, 0) is 48.4 Å². The van der Waals surface area contributed by atoms with Gasteiger partial charge in [0.25, 0.3) is 11.8 Å². The normalized spacial score (nSPS) is 10.5. The number of hydrogen-bond acceptors (Lipinski definition) is 4. The zero-order chi connectivity index (χ0) is 19.6. The first-order valence-electron chi connectivity index (χ1n) is 8.91. The molecule has 0 radical (unpaired) electrons. The molecule has 2 amide bonds. The summed E-state index contributed by atoms with van der Waals surface area (Å²) < 4.78 is 10.5. The van der Waals surface area contributed by atoms with Crippen LogP contribution in [0.2, 0.25) is 0 Å². The molecule has 144 valence electrons. The van der Waals surface area contributed by atoms with Crippen molar-refractivity contribution >= 4 is 17.5 Å². The van der Waals surface area contributed by atoms with Gasteiger partial charge in [0.05, 0.1) is 13.2 Å². The van der Waals surface area contributed by atoms with E-state index in [1.165, 1.54) is 0 Å². The van der Waals surface area contributed by atoms with Crippen LogP contribution >= 0.6 is 0 Å². The van der Waals surface area contributed by atoms with Crippen LogP contribution in [0.3, 0.4) is 0 Å². The largest absolute Gasteiger partial charge is 0.493 e. The SMILES string of the molecule is COCCNC(=O)c1cccc(NC(=O)c2ccc(OCC(C)C)cc2)c1. The van der Waals surface area contributed by atoms with Gasteiger partial charge < -0.3 is 20.1 Å². The van der Waals surface area contributed by atoms with E-state index in [1.54, 1.807) is 55.6 Å². The molecule has 2 N–H and O–H groups in total. The number of nitrogens with one attached hydrogen (secondary N) is 2. The summed E-state index contributed by atoms with van der Waals surface area (Å²) >= 11 is 0. The molecule has 0 aromatic heterocycles. The summed E-state index contributed by atoms with van der Waals surface area (Å²) in [6.07, 6.45) is 0. The Morgan fingerprint density at radius 1 is 1.00 bits per heavy atom. The summed E-state index contributed by atoms with van der Waals surface area (Å²) in [7, 11) is 1.57. The Bertz CT molecular complexity index is 757. The van der Waals surface area contributed by atoms with Crippen molar-refractivity contribution in [1.82, 2.24) is 5.32 Å². The summed E-state index contributed by atoms with van der Waals surface area (Å²) in [5, 5.41) is 5.55. The van der Waals surface area contributed by atoms with Gasteiger partial charge in [0.15, 0.2) is 0 Å². The summed E-state index contributed by atoms with van der Waals surface area (Å²) in [6, 6.07) is 13.8. The van der Waals surface area contributed by atoms with Crippen molar-refractivity contribution in [2.75, 3.05) is 32.2 Å². The van der Waals surface area contributed by atoms with Crippen LogP contribution in [-0.2, 0) is 4.74 Å². The van der Waals surface area contributed by atoms with E-state index in [2.05, 4.69) is 24.5 Å². The summed E-state index contributed by atoms with van der Waals surface area (Å²) in [5.74, 6) is 0.707. The van der Waals surface area contributed by atoms with E-state index in [0.717, 1.165) is 5.75 Å². The fourth-order valence-corrected chi connectivity index (χ4v) is 2.28. The molecule has 27 heavy (non-hydrogen) atoms. The number of methoxy groups -OCH3 is 1. The summed E-state index contributed by atoms with van der Waals surface area (Å²) in [6.45, 7) is 5.66. The van der Waals surface area contributed by atoms with Gasteiger partial charge in [0, 0.05) is 30.5 Å². The summed E-state index contributed by atoms with van der Waals surface area (Å²) in [5.41, 5.74) is 1.54. The second kappa shape index (κ2) is 10.3. The van der Waals surface area contributed by atoms with Gasteiger partial charge >= 0.3 is 0 Å². The Labute approximate surface area is 159 Å². The fourth-order valence-electron chi connectivity index (χ4n) is 2.28. The molecule has 0 aliphatic rings. The molecule has 0 bridgehead atoms. The van der Waals surface area contributed by atoms with Crippen molar-refractivity contribution in [2.24, 2.45) is 5.92 Å². The van der Waals surface area contributed by atoms with E-state index in [-0.39, 0.29) is 11.8 Å². The lowest BCUT2D eigenvalue weighted by molar-refractivity contribution is 0.0936. The maximum atomic E-state index is 12.4. The maximum absolute atomic E-state index is 12.4. The highest BCUT2D eigenvalue weighted by atomic mass is 16.5. The number of ether oxygens (including phenoxy) is 2. The highest BCUT2D eigenvalue weighted by Gasteiger charge is 2.09. The minimum absolute atomic E-state index is 0.213. The fraction of sp³-hybridized carbons (Fsp3) is 0.333. The second-order valence-electron chi connectivity index (χ2n) is 6.51.